The molecule has 0 bridgehead atoms. The number of piperidine rings is 1. The molecule has 0 aromatic rings. The van der Waals surface area contributed by atoms with Gasteiger partial charge in [-0.25, -0.2) is 0 Å². The standard InChI is InChI=1S/C18H32N2O3/c1-17(22)9-13-23-18(14-17)7-11-20(12-8-18)10-6-16(21)19-15-4-2-3-5-15/h15,22H,2-14H2,1H3,(H,19,21). The molecule has 23 heavy (non-hydrogen) atoms. The van der Waals surface area contributed by atoms with Gasteiger partial charge in [-0.2, -0.15) is 0 Å². The topological polar surface area (TPSA) is 61.8 Å². The van der Waals surface area contributed by atoms with Gasteiger partial charge in [-0.3, -0.25) is 4.79 Å². The molecule has 5 nitrogen and oxygen atoms in total. The first-order chi connectivity index (χ1) is 11.0. The summed E-state index contributed by atoms with van der Waals surface area (Å²) in [6, 6.07) is 0.421. The molecule has 0 aromatic heterocycles. The molecule has 2 aliphatic heterocycles. The Morgan fingerprint density at radius 3 is 2.61 bits per heavy atom. The lowest BCUT2D eigenvalue weighted by molar-refractivity contribution is -0.172. The molecule has 3 fully saturated rings. The number of amides is 1. The summed E-state index contributed by atoms with van der Waals surface area (Å²) >= 11 is 0. The number of hydrogen-bond donors (Lipinski definition) is 2. The number of rotatable bonds is 4. The van der Waals surface area contributed by atoms with Gasteiger partial charge in [0.25, 0.3) is 0 Å². The SMILES string of the molecule is CC1(O)CCOC2(CCN(CCC(=O)NC3CCCC3)CC2)C1. The van der Waals surface area contributed by atoms with Crippen molar-refractivity contribution in [3.8, 4) is 0 Å². The highest BCUT2D eigenvalue weighted by molar-refractivity contribution is 5.76. The van der Waals surface area contributed by atoms with Crippen LogP contribution in [0.15, 0.2) is 0 Å². The number of nitrogens with zero attached hydrogens (tertiary/aromatic N) is 1. The number of ether oxygens (including phenoxy) is 1. The van der Waals surface area contributed by atoms with Gasteiger partial charge in [0.2, 0.25) is 5.91 Å². The Balaban J connectivity index is 1.38. The molecular formula is C18H32N2O3. The highest BCUT2D eigenvalue weighted by atomic mass is 16.5. The van der Waals surface area contributed by atoms with E-state index in [2.05, 4.69) is 10.2 Å². The Labute approximate surface area is 139 Å². The highest BCUT2D eigenvalue weighted by Crippen LogP contribution is 2.39. The van der Waals surface area contributed by atoms with Crippen molar-refractivity contribution in [1.29, 1.82) is 0 Å². The summed E-state index contributed by atoms with van der Waals surface area (Å²) in [5, 5.41) is 13.5. The van der Waals surface area contributed by atoms with Crippen molar-refractivity contribution in [3.63, 3.8) is 0 Å². The number of likely N-dealkylation sites (tertiary alicyclic amines) is 1. The van der Waals surface area contributed by atoms with E-state index in [9.17, 15) is 9.90 Å². The average Bonchev–Trinajstić information content (AvgIpc) is 2.98. The molecule has 1 atom stereocenters. The van der Waals surface area contributed by atoms with Gasteiger partial charge in [0.05, 0.1) is 17.8 Å². The first-order valence-corrected chi connectivity index (χ1v) is 9.35. The van der Waals surface area contributed by atoms with E-state index in [1.807, 2.05) is 6.92 Å². The second kappa shape index (κ2) is 7.08. The summed E-state index contributed by atoms with van der Waals surface area (Å²) in [6.45, 7) is 5.36. The first kappa shape index (κ1) is 17.2. The van der Waals surface area contributed by atoms with Crippen LogP contribution in [0, 0.1) is 0 Å². The van der Waals surface area contributed by atoms with Crippen LogP contribution in [0.2, 0.25) is 0 Å². The lowest BCUT2D eigenvalue weighted by Gasteiger charge is -2.48. The molecule has 1 aliphatic carbocycles. The Bertz CT molecular complexity index is 410. The Morgan fingerprint density at radius 2 is 1.96 bits per heavy atom. The molecule has 3 rings (SSSR count). The van der Waals surface area contributed by atoms with E-state index < -0.39 is 5.60 Å². The zero-order chi connectivity index (χ0) is 16.3. The normalized spacial score (nSPS) is 32.3. The average molecular weight is 324 g/mol. The van der Waals surface area contributed by atoms with Crippen LogP contribution >= 0.6 is 0 Å². The third-order valence-corrected chi connectivity index (χ3v) is 5.89. The molecule has 132 valence electrons. The van der Waals surface area contributed by atoms with Crippen LogP contribution in [-0.4, -0.2) is 59.4 Å². The molecule has 2 N–H and O–H groups in total. The predicted molar refractivity (Wildman–Crippen MR) is 89.2 cm³/mol. The summed E-state index contributed by atoms with van der Waals surface area (Å²) in [5.41, 5.74) is -0.716. The van der Waals surface area contributed by atoms with Crippen LogP contribution in [0.1, 0.15) is 64.7 Å². The van der Waals surface area contributed by atoms with Crippen LogP contribution in [0.5, 0.6) is 0 Å². The van der Waals surface area contributed by atoms with Crippen LogP contribution in [0.3, 0.4) is 0 Å². The molecule has 1 spiro atoms. The molecule has 1 unspecified atom stereocenters. The van der Waals surface area contributed by atoms with E-state index in [0.717, 1.165) is 58.2 Å². The predicted octanol–water partition coefficient (Wildman–Crippen LogP) is 1.83. The Kier molecular flexibility index (Phi) is 5.29. The van der Waals surface area contributed by atoms with Gasteiger partial charge in [0.15, 0.2) is 0 Å². The highest BCUT2D eigenvalue weighted by Gasteiger charge is 2.44. The third kappa shape index (κ3) is 4.68. The molecule has 1 amide bonds. The van der Waals surface area contributed by atoms with E-state index in [1.165, 1.54) is 12.8 Å². The molecule has 5 heteroatoms. The molecular weight excluding hydrogens is 292 g/mol. The molecule has 0 radical (unpaired) electrons. The van der Waals surface area contributed by atoms with Gasteiger partial charge in [0, 0.05) is 38.5 Å². The number of carbonyl (C=O) groups is 1. The van der Waals surface area contributed by atoms with Crippen LogP contribution in [0.25, 0.3) is 0 Å². The van der Waals surface area contributed by atoms with Crippen LogP contribution in [-0.2, 0) is 9.53 Å². The molecule has 1 saturated carbocycles. The quantitative estimate of drug-likeness (QED) is 0.828. The summed E-state index contributed by atoms with van der Waals surface area (Å²) < 4.78 is 6.04. The summed E-state index contributed by atoms with van der Waals surface area (Å²) in [7, 11) is 0. The van der Waals surface area contributed by atoms with Crippen molar-refractivity contribution in [2.45, 2.75) is 82.0 Å². The molecule has 3 aliphatic rings. The maximum absolute atomic E-state index is 12.0. The fourth-order valence-corrected chi connectivity index (χ4v) is 4.46. The van der Waals surface area contributed by atoms with Crippen molar-refractivity contribution in [2.75, 3.05) is 26.2 Å². The minimum absolute atomic E-state index is 0.135. The maximum atomic E-state index is 12.0. The van der Waals surface area contributed by atoms with Crippen LogP contribution < -0.4 is 5.32 Å². The van der Waals surface area contributed by atoms with E-state index in [0.29, 0.717) is 19.1 Å². The van der Waals surface area contributed by atoms with E-state index in [1.54, 1.807) is 0 Å². The second-order valence-electron chi connectivity index (χ2n) is 8.10. The molecule has 2 heterocycles. The lowest BCUT2D eigenvalue weighted by atomic mass is 9.78. The van der Waals surface area contributed by atoms with Gasteiger partial charge in [-0.1, -0.05) is 12.8 Å². The van der Waals surface area contributed by atoms with E-state index in [4.69, 9.17) is 4.74 Å². The minimum Gasteiger partial charge on any atom is -0.390 e. The summed E-state index contributed by atoms with van der Waals surface area (Å²) in [6.07, 6.45) is 8.81. The molecule has 0 aromatic carbocycles. The van der Waals surface area contributed by atoms with Gasteiger partial charge >= 0.3 is 0 Å². The second-order valence-corrected chi connectivity index (χ2v) is 8.10. The van der Waals surface area contributed by atoms with Crippen molar-refractivity contribution in [3.05, 3.63) is 0 Å². The fraction of sp³-hybridized carbons (Fsp3) is 0.944. The Hall–Kier alpha value is -0.650. The van der Waals surface area contributed by atoms with Crippen molar-refractivity contribution in [2.24, 2.45) is 0 Å². The van der Waals surface area contributed by atoms with Crippen LogP contribution in [0.4, 0.5) is 0 Å². The maximum Gasteiger partial charge on any atom is 0.221 e. The van der Waals surface area contributed by atoms with Gasteiger partial charge in [-0.05, 0) is 39.0 Å². The smallest absolute Gasteiger partial charge is 0.221 e. The lowest BCUT2D eigenvalue weighted by Crippen LogP contribution is -2.53. The number of aliphatic hydroxyl groups is 1. The molecule has 2 saturated heterocycles. The van der Waals surface area contributed by atoms with Crippen molar-refractivity contribution in [1.82, 2.24) is 10.2 Å². The minimum atomic E-state index is -0.582. The summed E-state index contributed by atoms with van der Waals surface area (Å²) in [4.78, 5) is 14.4. The van der Waals surface area contributed by atoms with Crippen molar-refractivity contribution >= 4 is 5.91 Å². The Morgan fingerprint density at radius 1 is 1.26 bits per heavy atom. The number of carbonyl (C=O) groups excluding carboxylic acids is 1. The van der Waals surface area contributed by atoms with Gasteiger partial charge < -0.3 is 20.1 Å². The van der Waals surface area contributed by atoms with Gasteiger partial charge in [0.1, 0.15) is 0 Å². The van der Waals surface area contributed by atoms with E-state index in [-0.39, 0.29) is 11.5 Å². The number of hydrogen-bond acceptors (Lipinski definition) is 4. The largest absolute Gasteiger partial charge is 0.390 e. The van der Waals surface area contributed by atoms with E-state index >= 15 is 0 Å². The zero-order valence-electron chi connectivity index (χ0n) is 14.5. The zero-order valence-corrected chi connectivity index (χ0v) is 14.5. The first-order valence-electron chi connectivity index (χ1n) is 9.35. The monoisotopic (exact) mass is 324 g/mol. The van der Waals surface area contributed by atoms with Gasteiger partial charge in [-0.15, -0.1) is 0 Å². The van der Waals surface area contributed by atoms with Crippen molar-refractivity contribution < 1.29 is 14.6 Å². The summed E-state index contributed by atoms with van der Waals surface area (Å²) in [5.74, 6) is 0.203. The third-order valence-electron chi connectivity index (χ3n) is 5.89. The number of nitrogens with one attached hydrogen (secondary N) is 1. The fourth-order valence-electron chi connectivity index (χ4n) is 4.46.